The van der Waals surface area contributed by atoms with E-state index in [2.05, 4.69) is 39.5 Å². The van der Waals surface area contributed by atoms with Crippen LogP contribution in [-0.2, 0) is 10.2 Å². The van der Waals surface area contributed by atoms with Gasteiger partial charge in [0.2, 0.25) is 0 Å². The third-order valence-electron chi connectivity index (χ3n) is 6.46. The average molecular weight is 556 g/mol. The first kappa shape index (κ1) is 24.7. The zero-order valence-corrected chi connectivity index (χ0v) is 20.7. The Labute approximate surface area is 205 Å². The fraction of sp³-hybridized carbons (Fsp3) is 0.458. The fourth-order valence-corrected chi connectivity index (χ4v) is 4.59. The van der Waals surface area contributed by atoms with Crippen LogP contribution < -0.4 is 10.2 Å². The molecule has 0 atom stereocenters. The number of hydrogen-bond acceptors (Lipinski definition) is 3. The lowest BCUT2D eigenvalue weighted by Crippen LogP contribution is -2.55. The Kier molecular flexibility index (Phi) is 8.70. The molecule has 4 rings (SSSR count). The van der Waals surface area contributed by atoms with Crippen LogP contribution in [0.2, 0.25) is 0 Å². The molecule has 0 aliphatic carbocycles. The second kappa shape index (κ2) is 11.3. The molecule has 0 spiro atoms. The highest BCUT2D eigenvalue weighted by molar-refractivity contribution is 14.0. The third-order valence-corrected chi connectivity index (χ3v) is 6.46. The van der Waals surface area contributed by atoms with E-state index in [-0.39, 0.29) is 35.2 Å². The first-order valence-electron chi connectivity index (χ1n) is 10.9. The Morgan fingerprint density at radius 2 is 1.72 bits per heavy atom. The summed E-state index contributed by atoms with van der Waals surface area (Å²) in [7, 11) is 1.79. The molecule has 2 saturated heterocycles. The Balaban J connectivity index is 0.00000289. The van der Waals surface area contributed by atoms with Crippen LogP contribution in [0.1, 0.15) is 18.4 Å². The first-order valence-corrected chi connectivity index (χ1v) is 10.9. The highest BCUT2D eigenvalue weighted by Gasteiger charge is 2.35. The summed E-state index contributed by atoms with van der Waals surface area (Å²) in [6, 6.07) is 14.2. The van der Waals surface area contributed by atoms with Crippen molar-refractivity contribution in [3.63, 3.8) is 0 Å². The maximum Gasteiger partial charge on any atom is 0.193 e. The standard InChI is InChI=1S/C24H30F2N4O.HI/c1-27-23(28-18-24(9-15-31-16-10-24)19-5-3-2-4-6-19)30-13-11-29(12-14-30)22-17-20(25)7-8-21(22)26;/h2-8,17H,9-16,18H2,1H3,(H,27,28);1H. The SMILES string of the molecule is CN=C(NCC1(c2ccccc2)CCOCC1)N1CCN(c2cc(F)ccc2F)CC1.I. The minimum atomic E-state index is -0.418. The van der Waals surface area contributed by atoms with Gasteiger partial charge in [-0.3, -0.25) is 4.99 Å². The van der Waals surface area contributed by atoms with E-state index < -0.39 is 5.82 Å². The van der Waals surface area contributed by atoms with Crippen LogP contribution in [0.25, 0.3) is 0 Å². The number of halogens is 3. The van der Waals surface area contributed by atoms with E-state index in [1.807, 2.05) is 11.0 Å². The van der Waals surface area contributed by atoms with Gasteiger partial charge < -0.3 is 19.9 Å². The summed E-state index contributed by atoms with van der Waals surface area (Å²) >= 11 is 0. The highest BCUT2D eigenvalue weighted by atomic mass is 127. The quantitative estimate of drug-likeness (QED) is 0.351. The topological polar surface area (TPSA) is 40.1 Å². The van der Waals surface area contributed by atoms with E-state index in [4.69, 9.17) is 4.74 Å². The van der Waals surface area contributed by atoms with Crippen molar-refractivity contribution in [2.75, 3.05) is 57.9 Å². The van der Waals surface area contributed by atoms with Crippen LogP contribution in [0.5, 0.6) is 0 Å². The molecule has 2 aromatic rings. The molecule has 2 aliphatic heterocycles. The number of aliphatic imine (C=N–C) groups is 1. The van der Waals surface area contributed by atoms with E-state index in [0.717, 1.165) is 44.6 Å². The van der Waals surface area contributed by atoms with Crippen molar-refractivity contribution >= 4 is 35.6 Å². The minimum Gasteiger partial charge on any atom is -0.381 e. The number of hydrogen-bond donors (Lipinski definition) is 1. The van der Waals surface area contributed by atoms with Crippen molar-refractivity contribution in [2.24, 2.45) is 4.99 Å². The number of nitrogens with zero attached hydrogens (tertiary/aromatic N) is 3. The van der Waals surface area contributed by atoms with E-state index >= 15 is 0 Å². The van der Waals surface area contributed by atoms with E-state index in [1.54, 1.807) is 7.05 Å². The summed E-state index contributed by atoms with van der Waals surface area (Å²) in [6.07, 6.45) is 1.93. The van der Waals surface area contributed by atoms with Crippen LogP contribution in [0, 0.1) is 11.6 Å². The number of rotatable bonds is 4. The largest absolute Gasteiger partial charge is 0.381 e. The molecular weight excluding hydrogens is 525 g/mol. The highest BCUT2D eigenvalue weighted by Crippen LogP contribution is 2.34. The molecule has 0 amide bonds. The van der Waals surface area contributed by atoms with Gasteiger partial charge in [-0.15, -0.1) is 24.0 Å². The molecule has 0 saturated carbocycles. The van der Waals surface area contributed by atoms with Crippen LogP contribution in [-0.4, -0.2) is 63.8 Å². The van der Waals surface area contributed by atoms with Crippen LogP contribution >= 0.6 is 24.0 Å². The fourth-order valence-electron chi connectivity index (χ4n) is 4.59. The van der Waals surface area contributed by atoms with Gasteiger partial charge in [-0.2, -0.15) is 0 Å². The van der Waals surface area contributed by atoms with Gasteiger partial charge in [0.05, 0.1) is 5.69 Å². The van der Waals surface area contributed by atoms with Gasteiger partial charge in [0, 0.05) is 64.5 Å². The Morgan fingerprint density at radius 1 is 1.03 bits per heavy atom. The number of guanidine groups is 1. The molecule has 32 heavy (non-hydrogen) atoms. The van der Waals surface area contributed by atoms with Crippen LogP contribution in [0.3, 0.4) is 0 Å². The van der Waals surface area contributed by atoms with Gasteiger partial charge in [-0.25, -0.2) is 8.78 Å². The van der Waals surface area contributed by atoms with E-state index in [0.29, 0.717) is 31.9 Å². The lowest BCUT2D eigenvalue weighted by molar-refractivity contribution is 0.0511. The molecule has 0 unspecified atom stereocenters. The number of piperazine rings is 1. The summed E-state index contributed by atoms with van der Waals surface area (Å²) in [5.41, 5.74) is 1.67. The van der Waals surface area contributed by atoms with E-state index in [9.17, 15) is 8.78 Å². The van der Waals surface area contributed by atoms with Crippen LogP contribution in [0.4, 0.5) is 14.5 Å². The minimum absolute atomic E-state index is 0. The molecule has 8 heteroatoms. The number of nitrogens with one attached hydrogen (secondary N) is 1. The summed E-state index contributed by atoms with van der Waals surface area (Å²) in [5, 5.41) is 3.59. The monoisotopic (exact) mass is 556 g/mol. The second-order valence-corrected chi connectivity index (χ2v) is 8.23. The van der Waals surface area contributed by atoms with Crippen molar-refractivity contribution in [2.45, 2.75) is 18.3 Å². The van der Waals surface area contributed by atoms with Gasteiger partial charge in [0.25, 0.3) is 0 Å². The second-order valence-electron chi connectivity index (χ2n) is 8.23. The zero-order valence-electron chi connectivity index (χ0n) is 18.4. The molecule has 2 aromatic carbocycles. The van der Waals surface area contributed by atoms with Gasteiger partial charge in [-0.1, -0.05) is 30.3 Å². The molecule has 5 nitrogen and oxygen atoms in total. The lowest BCUT2D eigenvalue weighted by atomic mass is 9.74. The van der Waals surface area contributed by atoms with Crippen molar-refractivity contribution in [1.29, 1.82) is 0 Å². The maximum atomic E-state index is 14.1. The molecule has 1 N–H and O–H groups in total. The molecule has 2 heterocycles. The maximum absolute atomic E-state index is 14.1. The van der Waals surface area contributed by atoms with Gasteiger partial charge in [-0.05, 0) is 30.5 Å². The first-order chi connectivity index (χ1) is 15.1. The summed E-state index contributed by atoms with van der Waals surface area (Å²) in [6.45, 7) is 4.90. The van der Waals surface area contributed by atoms with Crippen molar-refractivity contribution in [3.8, 4) is 0 Å². The third kappa shape index (κ3) is 5.51. The number of anilines is 1. The van der Waals surface area contributed by atoms with Crippen molar-refractivity contribution in [1.82, 2.24) is 10.2 Å². The smallest absolute Gasteiger partial charge is 0.193 e. The number of benzene rings is 2. The molecule has 0 aromatic heterocycles. The summed E-state index contributed by atoms with van der Waals surface area (Å²) < 4.78 is 33.3. The Bertz CT molecular complexity index is 898. The molecule has 0 bridgehead atoms. The zero-order chi connectivity index (χ0) is 21.7. The Hall–Kier alpha value is -1.94. The van der Waals surface area contributed by atoms with E-state index in [1.165, 1.54) is 17.7 Å². The molecular formula is C24H31F2IN4O. The Morgan fingerprint density at radius 3 is 2.38 bits per heavy atom. The van der Waals surface area contributed by atoms with Crippen molar-refractivity contribution in [3.05, 3.63) is 65.7 Å². The average Bonchev–Trinajstić information content (AvgIpc) is 2.83. The summed E-state index contributed by atoms with van der Waals surface area (Å²) in [4.78, 5) is 8.58. The predicted octanol–water partition coefficient (Wildman–Crippen LogP) is 4.03. The summed E-state index contributed by atoms with van der Waals surface area (Å²) in [5.74, 6) is 0.0433. The van der Waals surface area contributed by atoms with Gasteiger partial charge >= 0.3 is 0 Å². The van der Waals surface area contributed by atoms with Gasteiger partial charge in [0.15, 0.2) is 5.96 Å². The van der Waals surface area contributed by atoms with Crippen LogP contribution in [0.15, 0.2) is 53.5 Å². The molecule has 2 aliphatic rings. The molecule has 2 fully saturated rings. The lowest BCUT2D eigenvalue weighted by Gasteiger charge is -2.41. The van der Waals surface area contributed by atoms with Gasteiger partial charge in [0.1, 0.15) is 11.6 Å². The molecule has 0 radical (unpaired) electrons. The normalized spacial score (nSPS) is 18.8. The molecule has 174 valence electrons. The predicted molar refractivity (Wildman–Crippen MR) is 135 cm³/mol. The number of ether oxygens (including phenoxy) is 1. The van der Waals surface area contributed by atoms with Crippen molar-refractivity contribution < 1.29 is 13.5 Å².